The van der Waals surface area contributed by atoms with E-state index in [0.717, 1.165) is 45.6 Å². The topological polar surface area (TPSA) is 125 Å². The van der Waals surface area contributed by atoms with Gasteiger partial charge in [-0.25, -0.2) is 8.42 Å². The molecule has 2 aromatic heterocycles. The van der Waals surface area contributed by atoms with Gasteiger partial charge in [-0.2, -0.15) is 14.3 Å². The molecule has 5 rings (SSSR count). The van der Waals surface area contributed by atoms with Crippen molar-refractivity contribution in [2.45, 2.75) is 50.1 Å². The van der Waals surface area contributed by atoms with Gasteiger partial charge in [0, 0.05) is 50.5 Å². The van der Waals surface area contributed by atoms with Crippen molar-refractivity contribution >= 4 is 50.1 Å². The van der Waals surface area contributed by atoms with Crippen LogP contribution >= 0.6 is 11.6 Å². The highest BCUT2D eigenvalue weighted by Crippen LogP contribution is 2.34. The van der Waals surface area contributed by atoms with Crippen LogP contribution < -0.4 is 15.4 Å². The number of fused-ring (bicyclic) bond motifs is 1. The van der Waals surface area contributed by atoms with Crippen LogP contribution in [0.5, 0.6) is 5.75 Å². The van der Waals surface area contributed by atoms with Crippen LogP contribution in [0.3, 0.4) is 0 Å². The first-order chi connectivity index (χ1) is 18.8. The Hall–Kier alpha value is -2.64. The Morgan fingerprint density at radius 2 is 1.95 bits per heavy atom. The number of hydrogen-bond donors (Lipinski definition) is 3. The number of morpholine rings is 1. The monoisotopic (exact) mass is 577 g/mol. The molecule has 4 heterocycles. The molecule has 1 atom stereocenters. The minimum absolute atomic E-state index is 0.180. The number of sulfonamides is 1. The molecule has 3 N–H and O–H groups in total. The summed E-state index contributed by atoms with van der Waals surface area (Å²) in [5.41, 5.74) is 1.14. The van der Waals surface area contributed by atoms with Gasteiger partial charge in [0.05, 0.1) is 41.3 Å². The van der Waals surface area contributed by atoms with Crippen molar-refractivity contribution < 1.29 is 17.9 Å². The molecule has 2 saturated heterocycles. The van der Waals surface area contributed by atoms with Gasteiger partial charge in [-0.05, 0) is 38.3 Å². The number of aromatic amines is 1. The molecule has 0 bridgehead atoms. The molecule has 2 aliphatic rings. The minimum atomic E-state index is -3.67. The number of benzene rings is 1. The molecule has 0 unspecified atom stereocenters. The molecule has 0 radical (unpaired) electrons. The van der Waals surface area contributed by atoms with Crippen LogP contribution in [0.15, 0.2) is 29.3 Å². The van der Waals surface area contributed by atoms with Gasteiger partial charge in [-0.3, -0.25) is 4.90 Å². The van der Waals surface area contributed by atoms with Crippen LogP contribution in [-0.2, 0) is 14.8 Å². The van der Waals surface area contributed by atoms with E-state index in [1.807, 2.05) is 0 Å². The fourth-order valence-electron chi connectivity index (χ4n) is 5.09. The Bertz CT molecular complexity index is 1400. The van der Waals surface area contributed by atoms with Crippen molar-refractivity contribution in [3.63, 3.8) is 0 Å². The maximum atomic E-state index is 13.5. The SMILES string of the molecule is CC[C@@H](C)Nc1nc(Nc2ccc(S(=O)(=O)N3CCC(N4CCOCC4)CC3)cc2OC)nc2[nH]cc(Cl)c12. The highest BCUT2D eigenvalue weighted by atomic mass is 35.5. The Balaban J connectivity index is 1.34. The first kappa shape index (κ1) is 27.9. The van der Waals surface area contributed by atoms with E-state index in [4.69, 9.17) is 21.1 Å². The maximum absolute atomic E-state index is 13.5. The minimum Gasteiger partial charge on any atom is -0.495 e. The molecule has 13 heteroatoms. The highest BCUT2D eigenvalue weighted by Gasteiger charge is 2.32. The number of piperidine rings is 1. The number of aromatic nitrogens is 3. The maximum Gasteiger partial charge on any atom is 0.243 e. The second kappa shape index (κ2) is 11.8. The summed E-state index contributed by atoms with van der Waals surface area (Å²) in [7, 11) is -2.16. The lowest BCUT2D eigenvalue weighted by Crippen LogP contribution is -2.50. The summed E-state index contributed by atoms with van der Waals surface area (Å²) < 4.78 is 39.6. The number of anilines is 3. The molecule has 0 aliphatic carbocycles. The van der Waals surface area contributed by atoms with Crippen molar-refractivity contribution in [3.05, 3.63) is 29.4 Å². The first-order valence-corrected chi connectivity index (χ1v) is 15.2. The van der Waals surface area contributed by atoms with Crippen molar-refractivity contribution in [1.82, 2.24) is 24.2 Å². The number of hydrogen-bond acceptors (Lipinski definition) is 9. The molecule has 0 amide bonds. The van der Waals surface area contributed by atoms with Crippen molar-refractivity contribution in [1.29, 1.82) is 0 Å². The van der Waals surface area contributed by atoms with E-state index in [0.29, 0.717) is 58.4 Å². The van der Waals surface area contributed by atoms with E-state index in [1.54, 1.807) is 28.7 Å². The molecule has 2 fully saturated rings. The predicted octanol–water partition coefficient (Wildman–Crippen LogP) is 4.06. The van der Waals surface area contributed by atoms with Crippen molar-refractivity contribution in [2.75, 3.05) is 57.1 Å². The van der Waals surface area contributed by atoms with Crippen LogP contribution in [-0.4, -0.2) is 91.2 Å². The molecule has 212 valence electrons. The normalized spacial score (nSPS) is 18.8. The summed E-state index contributed by atoms with van der Waals surface area (Å²) in [5, 5.41) is 7.81. The molecular weight excluding hydrogens is 542 g/mol. The average molecular weight is 578 g/mol. The lowest BCUT2D eigenvalue weighted by Gasteiger charge is -2.39. The fraction of sp³-hybridized carbons (Fsp3) is 0.538. The number of methoxy groups -OCH3 is 1. The smallest absolute Gasteiger partial charge is 0.243 e. The number of nitrogens with one attached hydrogen (secondary N) is 3. The van der Waals surface area contributed by atoms with Gasteiger partial charge in [-0.15, -0.1) is 0 Å². The van der Waals surface area contributed by atoms with E-state index >= 15 is 0 Å². The standard InChI is InChI=1S/C26H36ClN7O4S/c1-4-17(2)29-25-23-20(27)16-28-24(23)31-26(32-25)30-21-6-5-19(15-22(21)37-3)39(35,36)34-9-7-18(8-10-34)33-11-13-38-14-12-33/h5-6,15-18H,4,7-14H2,1-3H3,(H3,28,29,30,31,32)/t17-/m1/s1. The number of nitrogens with zero attached hydrogens (tertiary/aromatic N) is 4. The van der Waals surface area contributed by atoms with Gasteiger partial charge in [0.1, 0.15) is 17.2 Å². The van der Waals surface area contributed by atoms with Crippen LogP contribution in [0, 0.1) is 0 Å². The van der Waals surface area contributed by atoms with Gasteiger partial charge in [0.2, 0.25) is 16.0 Å². The van der Waals surface area contributed by atoms with Gasteiger partial charge < -0.3 is 25.1 Å². The second-order valence-corrected chi connectivity index (χ2v) is 12.3. The zero-order valence-electron chi connectivity index (χ0n) is 22.5. The summed E-state index contributed by atoms with van der Waals surface area (Å²) in [4.78, 5) is 14.9. The van der Waals surface area contributed by atoms with Gasteiger partial charge >= 0.3 is 0 Å². The van der Waals surface area contributed by atoms with Crippen molar-refractivity contribution in [3.8, 4) is 5.75 Å². The molecule has 3 aromatic rings. The number of ether oxygens (including phenoxy) is 2. The molecule has 2 aliphatic heterocycles. The van der Waals surface area contributed by atoms with Crippen LogP contribution in [0.25, 0.3) is 11.0 Å². The number of halogens is 1. The Morgan fingerprint density at radius 3 is 2.64 bits per heavy atom. The zero-order chi connectivity index (χ0) is 27.6. The lowest BCUT2D eigenvalue weighted by atomic mass is 10.0. The first-order valence-electron chi connectivity index (χ1n) is 13.4. The summed E-state index contributed by atoms with van der Waals surface area (Å²) in [6, 6.07) is 5.40. The molecule has 0 spiro atoms. The van der Waals surface area contributed by atoms with Gasteiger partial charge in [-0.1, -0.05) is 18.5 Å². The highest BCUT2D eigenvalue weighted by molar-refractivity contribution is 7.89. The Morgan fingerprint density at radius 1 is 1.21 bits per heavy atom. The molecule has 11 nitrogen and oxygen atoms in total. The second-order valence-electron chi connectivity index (χ2n) is 9.98. The quantitative estimate of drug-likeness (QED) is 0.345. The van der Waals surface area contributed by atoms with Crippen LogP contribution in [0.1, 0.15) is 33.1 Å². The van der Waals surface area contributed by atoms with E-state index in [2.05, 4.69) is 44.3 Å². The third-order valence-electron chi connectivity index (χ3n) is 7.52. The number of H-pyrrole nitrogens is 1. The van der Waals surface area contributed by atoms with E-state index in [1.165, 1.54) is 7.11 Å². The molecule has 39 heavy (non-hydrogen) atoms. The van der Waals surface area contributed by atoms with Crippen molar-refractivity contribution in [2.24, 2.45) is 0 Å². The summed E-state index contributed by atoms with van der Waals surface area (Å²) in [5.74, 6) is 1.32. The third-order valence-corrected chi connectivity index (χ3v) is 9.71. The molecule has 1 aromatic carbocycles. The Labute approximate surface area is 234 Å². The molecule has 0 saturated carbocycles. The fourth-order valence-corrected chi connectivity index (χ4v) is 6.81. The zero-order valence-corrected chi connectivity index (χ0v) is 24.1. The molecular formula is C26H36ClN7O4S. The Kier molecular flexibility index (Phi) is 8.48. The summed E-state index contributed by atoms with van der Waals surface area (Å²) in [6.45, 7) is 8.43. The largest absolute Gasteiger partial charge is 0.495 e. The lowest BCUT2D eigenvalue weighted by molar-refractivity contribution is 0.00610. The van der Waals surface area contributed by atoms with Gasteiger partial charge in [0.25, 0.3) is 0 Å². The van der Waals surface area contributed by atoms with Crippen LogP contribution in [0.4, 0.5) is 17.5 Å². The number of rotatable bonds is 9. The summed E-state index contributed by atoms with van der Waals surface area (Å²) >= 11 is 6.38. The predicted molar refractivity (Wildman–Crippen MR) is 153 cm³/mol. The summed E-state index contributed by atoms with van der Waals surface area (Å²) in [6.07, 6.45) is 4.21. The van der Waals surface area contributed by atoms with Crippen LogP contribution in [0.2, 0.25) is 5.02 Å². The van der Waals surface area contributed by atoms with Gasteiger partial charge in [0.15, 0.2) is 0 Å². The van der Waals surface area contributed by atoms with E-state index < -0.39 is 10.0 Å². The third kappa shape index (κ3) is 5.94. The average Bonchev–Trinajstić information content (AvgIpc) is 3.34. The van der Waals surface area contributed by atoms with E-state index in [9.17, 15) is 8.42 Å². The van der Waals surface area contributed by atoms with E-state index in [-0.39, 0.29) is 10.9 Å².